The van der Waals surface area contributed by atoms with Gasteiger partial charge in [0.15, 0.2) is 0 Å². The Morgan fingerprint density at radius 1 is 1.33 bits per heavy atom. The van der Waals surface area contributed by atoms with Crippen molar-refractivity contribution in [3.05, 3.63) is 39.5 Å². The van der Waals surface area contributed by atoms with Crippen LogP contribution in [-0.4, -0.2) is 9.97 Å². The van der Waals surface area contributed by atoms with Gasteiger partial charge in [0, 0.05) is 10.5 Å². The summed E-state index contributed by atoms with van der Waals surface area (Å²) in [4.78, 5) is 7.73. The highest BCUT2D eigenvalue weighted by Crippen LogP contribution is 2.24. The molecule has 3 N–H and O–H groups in total. The number of hydrogen-bond acceptors (Lipinski definition) is 5. The van der Waals surface area contributed by atoms with Gasteiger partial charge in [-0.3, -0.25) is 0 Å². The normalized spacial score (nSPS) is 9.83. The van der Waals surface area contributed by atoms with Crippen LogP contribution < -0.4 is 11.1 Å². The number of nitriles is 1. The molecule has 0 unspecified atom stereocenters. The standard InChI is InChI=1S/C11H7BrClN5/c12-7-2-1-6(5-14)8(3-7)16-10-4-9(13)17-11(15)18-10/h1-4H,(H3,15,16,17,18). The second kappa shape index (κ2) is 5.21. The van der Waals surface area contributed by atoms with Gasteiger partial charge in [0.1, 0.15) is 17.0 Å². The maximum absolute atomic E-state index is 9.01. The summed E-state index contributed by atoms with van der Waals surface area (Å²) in [5, 5.41) is 12.2. The Kier molecular flexibility index (Phi) is 3.65. The topological polar surface area (TPSA) is 87.6 Å². The minimum Gasteiger partial charge on any atom is -0.368 e. The molecular formula is C11H7BrClN5. The smallest absolute Gasteiger partial charge is 0.223 e. The highest BCUT2D eigenvalue weighted by molar-refractivity contribution is 9.10. The largest absolute Gasteiger partial charge is 0.368 e. The fraction of sp³-hybridized carbons (Fsp3) is 0. The van der Waals surface area contributed by atoms with Crippen LogP contribution in [-0.2, 0) is 0 Å². The number of nitrogen functional groups attached to an aromatic ring is 1. The average Bonchev–Trinajstić information content (AvgIpc) is 2.27. The van der Waals surface area contributed by atoms with E-state index in [1.54, 1.807) is 18.2 Å². The Hall–Kier alpha value is -1.84. The zero-order valence-electron chi connectivity index (χ0n) is 8.98. The fourth-order valence-electron chi connectivity index (χ4n) is 1.35. The van der Waals surface area contributed by atoms with Gasteiger partial charge in [-0.05, 0) is 18.2 Å². The number of rotatable bonds is 2. The number of halogens is 2. The third-order valence-corrected chi connectivity index (χ3v) is 2.76. The maximum Gasteiger partial charge on any atom is 0.223 e. The third kappa shape index (κ3) is 2.88. The summed E-state index contributed by atoms with van der Waals surface area (Å²) in [6.45, 7) is 0. The van der Waals surface area contributed by atoms with Crippen LogP contribution in [0.5, 0.6) is 0 Å². The van der Waals surface area contributed by atoms with Crippen molar-refractivity contribution in [2.24, 2.45) is 0 Å². The van der Waals surface area contributed by atoms with E-state index in [1.807, 2.05) is 0 Å². The zero-order chi connectivity index (χ0) is 13.1. The van der Waals surface area contributed by atoms with Crippen LogP contribution in [0.4, 0.5) is 17.5 Å². The highest BCUT2D eigenvalue weighted by Gasteiger charge is 2.06. The van der Waals surface area contributed by atoms with Crippen molar-refractivity contribution < 1.29 is 0 Å². The van der Waals surface area contributed by atoms with E-state index in [1.165, 1.54) is 6.07 Å². The van der Waals surface area contributed by atoms with Crippen molar-refractivity contribution in [3.63, 3.8) is 0 Å². The lowest BCUT2D eigenvalue weighted by molar-refractivity contribution is 1.18. The Labute approximate surface area is 117 Å². The molecular weight excluding hydrogens is 318 g/mol. The van der Waals surface area contributed by atoms with E-state index < -0.39 is 0 Å². The van der Waals surface area contributed by atoms with E-state index in [9.17, 15) is 0 Å². The van der Waals surface area contributed by atoms with Crippen LogP contribution in [0.2, 0.25) is 5.15 Å². The van der Waals surface area contributed by atoms with Crippen molar-refractivity contribution in [2.75, 3.05) is 11.1 Å². The average molecular weight is 325 g/mol. The first-order valence-electron chi connectivity index (χ1n) is 4.85. The molecule has 0 saturated heterocycles. The lowest BCUT2D eigenvalue weighted by Crippen LogP contribution is -2.01. The van der Waals surface area contributed by atoms with Crippen molar-refractivity contribution in [2.45, 2.75) is 0 Å². The Bertz CT molecular complexity index is 618. The summed E-state index contributed by atoms with van der Waals surface area (Å²) in [7, 11) is 0. The van der Waals surface area contributed by atoms with Gasteiger partial charge in [0.2, 0.25) is 5.95 Å². The molecule has 7 heteroatoms. The summed E-state index contributed by atoms with van der Waals surface area (Å²) >= 11 is 9.11. The van der Waals surface area contributed by atoms with Crippen LogP contribution in [0.1, 0.15) is 5.56 Å². The molecule has 0 aliphatic carbocycles. The monoisotopic (exact) mass is 323 g/mol. The minimum absolute atomic E-state index is 0.0681. The first-order valence-corrected chi connectivity index (χ1v) is 6.02. The number of nitrogens with one attached hydrogen (secondary N) is 1. The van der Waals surface area contributed by atoms with E-state index in [4.69, 9.17) is 22.6 Å². The molecule has 18 heavy (non-hydrogen) atoms. The summed E-state index contributed by atoms with van der Waals surface area (Å²) in [6, 6.07) is 8.85. The van der Waals surface area contributed by atoms with Crippen molar-refractivity contribution in [1.82, 2.24) is 9.97 Å². The summed E-state index contributed by atoms with van der Waals surface area (Å²) in [5.74, 6) is 0.501. The van der Waals surface area contributed by atoms with Crippen LogP contribution in [0.15, 0.2) is 28.7 Å². The molecule has 0 radical (unpaired) electrons. The third-order valence-electron chi connectivity index (χ3n) is 2.08. The van der Waals surface area contributed by atoms with E-state index in [0.29, 0.717) is 17.1 Å². The first-order chi connectivity index (χ1) is 8.58. The molecule has 5 nitrogen and oxygen atoms in total. The van der Waals surface area contributed by atoms with Gasteiger partial charge in [0.25, 0.3) is 0 Å². The molecule has 2 rings (SSSR count). The van der Waals surface area contributed by atoms with E-state index in [0.717, 1.165) is 4.47 Å². The number of anilines is 3. The molecule has 0 atom stereocenters. The Balaban J connectivity index is 2.39. The SMILES string of the molecule is N#Cc1ccc(Br)cc1Nc1cc(Cl)nc(N)n1. The summed E-state index contributed by atoms with van der Waals surface area (Å²) < 4.78 is 0.845. The van der Waals surface area contributed by atoms with Crippen LogP contribution in [0, 0.1) is 11.3 Å². The molecule has 0 aliphatic rings. The van der Waals surface area contributed by atoms with Gasteiger partial charge in [-0.15, -0.1) is 0 Å². The maximum atomic E-state index is 9.01. The Morgan fingerprint density at radius 3 is 2.78 bits per heavy atom. The van der Waals surface area contributed by atoms with E-state index >= 15 is 0 Å². The van der Waals surface area contributed by atoms with Crippen LogP contribution >= 0.6 is 27.5 Å². The molecule has 2 aromatic rings. The molecule has 1 aromatic heterocycles. The first kappa shape index (κ1) is 12.6. The molecule has 0 aliphatic heterocycles. The molecule has 90 valence electrons. The van der Waals surface area contributed by atoms with Gasteiger partial charge in [0.05, 0.1) is 11.3 Å². The number of nitrogens with zero attached hydrogens (tertiary/aromatic N) is 3. The number of aromatic nitrogens is 2. The molecule has 0 fully saturated rings. The fourth-order valence-corrected chi connectivity index (χ4v) is 1.91. The van der Waals surface area contributed by atoms with Gasteiger partial charge in [-0.2, -0.15) is 10.2 Å². The number of nitrogens with two attached hydrogens (primary N) is 1. The van der Waals surface area contributed by atoms with Gasteiger partial charge in [-0.25, -0.2) is 4.98 Å². The molecule has 0 amide bonds. The molecule has 1 aromatic carbocycles. The predicted molar refractivity (Wildman–Crippen MR) is 73.6 cm³/mol. The summed E-state index contributed by atoms with van der Waals surface area (Å²) in [5.41, 5.74) is 6.60. The minimum atomic E-state index is 0.0681. The van der Waals surface area contributed by atoms with Crippen molar-refractivity contribution in [3.8, 4) is 6.07 Å². The second-order valence-electron chi connectivity index (χ2n) is 3.36. The predicted octanol–water partition coefficient (Wildman–Crippen LogP) is 3.09. The number of benzene rings is 1. The second-order valence-corrected chi connectivity index (χ2v) is 4.66. The van der Waals surface area contributed by atoms with E-state index in [2.05, 4.69) is 37.3 Å². The van der Waals surface area contributed by atoms with Crippen LogP contribution in [0.3, 0.4) is 0 Å². The van der Waals surface area contributed by atoms with Gasteiger partial charge >= 0.3 is 0 Å². The molecule has 0 bridgehead atoms. The molecule has 1 heterocycles. The van der Waals surface area contributed by atoms with Gasteiger partial charge in [-0.1, -0.05) is 27.5 Å². The zero-order valence-corrected chi connectivity index (χ0v) is 11.3. The lowest BCUT2D eigenvalue weighted by Gasteiger charge is -2.08. The lowest BCUT2D eigenvalue weighted by atomic mass is 10.2. The molecule has 0 spiro atoms. The number of hydrogen-bond donors (Lipinski definition) is 2. The van der Waals surface area contributed by atoms with Crippen molar-refractivity contribution >= 4 is 45.0 Å². The molecule has 0 saturated carbocycles. The highest BCUT2D eigenvalue weighted by atomic mass is 79.9. The quantitative estimate of drug-likeness (QED) is 0.829. The van der Waals surface area contributed by atoms with E-state index in [-0.39, 0.29) is 11.1 Å². The van der Waals surface area contributed by atoms with Crippen LogP contribution in [0.25, 0.3) is 0 Å². The van der Waals surface area contributed by atoms with Crippen molar-refractivity contribution in [1.29, 1.82) is 5.26 Å². The Morgan fingerprint density at radius 2 is 2.11 bits per heavy atom. The van der Waals surface area contributed by atoms with Gasteiger partial charge < -0.3 is 11.1 Å². The summed E-state index contributed by atoms with van der Waals surface area (Å²) in [6.07, 6.45) is 0.